The number of rotatable bonds is 1. The van der Waals surface area contributed by atoms with E-state index in [0.717, 1.165) is 0 Å². The molecule has 4 N–H and O–H groups in total. The topological polar surface area (TPSA) is 80.9 Å². The van der Waals surface area contributed by atoms with Crippen molar-refractivity contribution in [3.05, 3.63) is 0 Å². The minimum absolute atomic E-state index is 3.57. The quantitative estimate of drug-likeness (QED) is 0.355. The lowest BCUT2D eigenvalue weighted by Gasteiger charge is -2.22. The zero-order valence-electron chi connectivity index (χ0n) is 4.50. The van der Waals surface area contributed by atoms with Crippen LogP contribution in [-0.4, -0.2) is 38.7 Å². The minimum Gasteiger partial charge on any atom is -0.377 e. The van der Waals surface area contributed by atoms with E-state index >= 15 is 0 Å². The molecule has 0 bridgehead atoms. The van der Waals surface area contributed by atoms with Crippen LogP contribution in [0.25, 0.3) is 0 Å². The van der Waals surface area contributed by atoms with Gasteiger partial charge in [-0.2, -0.15) is 13.2 Å². The van der Waals surface area contributed by atoms with Crippen molar-refractivity contribution in [2.24, 2.45) is 0 Å². The van der Waals surface area contributed by atoms with Crippen molar-refractivity contribution in [1.82, 2.24) is 0 Å². The standard InChI is InChI=1S/C3H5F3O4/c4-2(5,6)1(7)3(8,9)10/h1,7-10H. The van der Waals surface area contributed by atoms with Gasteiger partial charge in [-0.05, 0) is 0 Å². The van der Waals surface area contributed by atoms with Gasteiger partial charge in [0.05, 0.1) is 0 Å². The molecule has 0 aliphatic carbocycles. The van der Waals surface area contributed by atoms with Crippen LogP contribution in [0.15, 0.2) is 0 Å². The third-order valence-corrected chi connectivity index (χ3v) is 0.677. The molecule has 0 aromatic heterocycles. The van der Waals surface area contributed by atoms with Crippen LogP contribution < -0.4 is 0 Å². The van der Waals surface area contributed by atoms with Crippen molar-refractivity contribution < 1.29 is 33.6 Å². The molecule has 0 aliphatic rings. The van der Waals surface area contributed by atoms with E-state index in [1.165, 1.54) is 0 Å². The first kappa shape index (κ1) is 9.63. The largest absolute Gasteiger partial charge is 0.422 e. The lowest BCUT2D eigenvalue weighted by atomic mass is 10.3. The highest BCUT2D eigenvalue weighted by Gasteiger charge is 2.51. The van der Waals surface area contributed by atoms with Crippen LogP contribution in [0.3, 0.4) is 0 Å². The number of hydrogen-bond acceptors (Lipinski definition) is 4. The molecule has 0 spiro atoms. The van der Waals surface area contributed by atoms with Crippen LogP contribution in [0.2, 0.25) is 0 Å². The molecule has 7 heteroatoms. The summed E-state index contributed by atoms with van der Waals surface area (Å²) >= 11 is 0. The van der Waals surface area contributed by atoms with Crippen LogP contribution in [0.5, 0.6) is 0 Å². The Balaban J connectivity index is 4.23. The fourth-order valence-corrected chi connectivity index (χ4v) is 0.220. The number of alkyl halides is 3. The van der Waals surface area contributed by atoms with Crippen molar-refractivity contribution in [3.8, 4) is 0 Å². The summed E-state index contributed by atoms with van der Waals surface area (Å²) in [6, 6.07) is 0. The summed E-state index contributed by atoms with van der Waals surface area (Å²) < 4.78 is 33.6. The third kappa shape index (κ3) is 2.48. The van der Waals surface area contributed by atoms with E-state index in [9.17, 15) is 13.2 Å². The van der Waals surface area contributed by atoms with Crippen LogP contribution in [-0.2, 0) is 0 Å². The molecule has 10 heavy (non-hydrogen) atoms. The lowest BCUT2D eigenvalue weighted by Crippen LogP contribution is -2.50. The number of halogens is 3. The molecule has 0 fully saturated rings. The molecule has 0 aromatic rings. The van der Waals surface area contributed by atoms with Gasteiger partial charge in [0.1, 0.15) is 0 Å². The summed E-state index contributed by atoms with van der Waals surface area (Å²) in [5.41, 5.74) is 0. The second-order valence-electron chi connectivity index (χ2n) is 1.63. The molecule has 1 unspecified atom stereocenters. The van der Waals surface area contributed by atoms with E-state index < -0.39 is 18.3 Å². The fraction of sp³-hybridized carbons (Fsp3) is 1.00. The molecule has 0 rings (SSSR count). The van der Waals surface area contributed by atoms with Crippen molar-refractivity contribution >= 4 is 0 Å². The predicted octanol–water partition coefficient (Wildman–Crippen LogP) is -1.46. The maximum absolute atomic E-state index is 11.2. The van der Waals surface area contributed by atoms with Crippen LogP contribution >= 0.6 is 0 Å². The summed E-state index contributed by atoms with van der Waals surface area (Å²) in [5, 5.41) is 31.1. The second kappa shape index (κ2) is 2.35. The SMILES string of the molecule is OC(C(O)(O)O)C(F)(F)F. The Kier molecular flexibility index (Phi) is 2.26. The zero-order valence-corrected chi connectivity index (χ0v) is 4.50. The number of hydrogen-bond donors (Lipinski definition) is 4. The molecule has 0 heterocycles. The molecule has 0 saturated carbocycles. The second-order valence-corrected chi connectivity index (χ2v) is 1.63. The molecule has 0 saturated heterocycles. The molecular formula is C3H5F3O4. The molecule has 1 atom stereocenters. The summed E-state index contributed by atoms with van der Waals surface area (Å²) in [5.74, 6) is -4.13. The smallest absolute Gasteiger partial charge is 0.377 e. The Bertz CT molecular complexity index is 99.9. The third-order valence-electron chi connectivity index (χ3n) is 0.677. The van der Waals surface area contributed by atoms with Crippen molar-refractivity contribution in [2.45, 2.75) is 18.3 Å². The Morgan fingerprint density at radius 1 is 1.00 bits per heavy atom. The van der Waals surface area contributed by atoms with Gasteiger partial charge in [-0.15, -0.1) is 0 Å². The summed E-state index contributed by atoms with van der Waals surface area (Å²) in [7, 11) is 0. The van der Waals surface area contributed by atoms with Gasteiger partial charge in [-0.1, -0.05) is 0 Å². The minimum atomic E-state index is -5.25. The van der Waals surface area contributed by atoms with Crippen molar-refractivity contribution in [1.29, 1.82) is 0 Å². The number of aliphatic hydroxyl groups excluding tert-OH is 1. The molecule has 0 aliphatic heterocycles. The van der Waals surface area contributed by atoms with Gasteiger partial charge in [-0.25, -0.2) is 0 Å². The lowest BCUT2D eigenvalue weighted by molar-refractivity contribution is -0.401. The van der Waals surface area contributed by atoms with E-state index in [-0.39, 0.29) is 0 Å². The van der Waals surface area contributed by atoms with Crippen LogP contribution in [0.4, 0.5) is 13.2 Å². The maximum Gasteiger partial charge on any atom is 0.422 e. The van der Waals surface area contributed by atoms with Gasteiger partial charge >= 0.3 is 12.1 Å². The van der Waals surface area contributed by atoms with Gasteiger partial charge in [0, 0.05) is 0 Å². The molecule has 4 nitrogen and oxygen atoms in total. The van der Waals surface area contributed by atoms with Crippen molar-refractivity contribution in [3.63, 3.8) is 0 Å². The summed E-state index contributed by atoms with van der Waals surface area (Å²) in [4.78, 5) is 0. The Morgan fingerprint density at radius 3 is 1.30 bits per heavy atom. The highest BCUT2D eigenvalue weighted by Crippen LogP contribution is 2.24. The molecule has 0 aromatic carbocycles. The first-order chi connectivity index (χ1) is 4.15. The van der Waals surface area contributed by atoms with E-state index in [0.29, 0.717) is 0 Å². The number of aliphatic hydroxyl groups is 4. The van der Waals surface area contributed by atoms with E-state index in [1.807, 2.05) is 0 Å². The van der Waals surface area contributed by atoms with Gasteiger partial charge in [0.25, 0.3) is 0 Å². The highest BCUT2D eigenvalue weighted by molar-refractivity contribution is 4.71. The fourth-order valence-electron chi connectivity index (χ4n) is 0.220. The monoisotopic (exact) mass is 162 g/mol. The van der Waals surface area contributed by atoms with Crippen LogP contribution in [0, 0.1) is 0 Å². The van der Waals surface area contributed by atoms with E-state index in [1.54, 1.807) is 0 Å². The van der Waals surface area contributed by atoms with Gasteiger partial charge in [-0.3, -0.25) is 0 Å². The van der Waals surface area contributed by atoms with Gasteiger partial charge in [0.15, 0.2) is 0 Å². The Hall–Kier alpha value is -0.370. The average molecular weight is 162 g/mol. The van der Waals surface area contributed by atoms with Crippen LogP contribution in [0.1, 0.15) is 0 Å². The highest BCUT2D eigenvalue weighted by atomic mass is 19.4. The Labute approximate surface area is 53.1 Å². The molecule has 62 valence electrons. The Morgan fingerprint density at radius 2 is 1.30 bits per heavy atom. The van der Waals surface area contributed by atoms with Gasteiger partial charge in [0.2, 0.25) is 6.10 Å². The van der Waals surface area contributed by atoms with Crippen molar-refractivity contribution in [2.75, 3.05) is 0 Å². The predicted molar refractivity (Wildman–Crippen MR) is 21.4 cm³/mol. The maximum atomic E-state index is 11.2. The molecule has 0 radical (unpaired) electrons. The summed E-state index contributed by atoms with van der Waals surface area (Å²) in [6.07, 6.45) is -8.82. The molecule has 0 amide bonds. The van der Waals surface area contributed by atoms with Gasteiger partial charge < -0.3 is 20.4 Å². The first-order valence-corrected chi connectivity index (χ1v) is 2.07. The zero-order chi connectivity index (χ0) is 8.58. The first-order valence-electron chi connectivity index (χ1n) is 2.07. The van der Waals surface area contributed by atoms with E-state index in [2.05, 4.69) is 0 Å². The summed E-state index contributed by atoms with van der Waals surface area (Å²) in [6.45, 7) is 0. The normalized spacial score (nSPS) is 17.1. The van der Waals surface area contributed by atoms with E-state index in [4.69, 9.17) is 20.4 Å². The molecular weight excluding hydrogens is 157 g/mol. The average Bonchev–Trinajstić information content (AvgIpc) is 1.59.